The fourth-order valence-corrected chi connectivity index (χ4v) is 2.80. The Kier molecular flexibility index (Phi) is 4.71. The van der Waals surface area contributed by atoms with E-state index in [0.29, 0.717) is 37.3 Å². The van der Waals surface area contributed by atoms with Crippen LogP contribution in [-0.2, 0) is 30.4 Å². The third kappa shape index (κ3) is 3.96. The molecular weight excluding hydrogens is 335 g/mol. The quantitative estimate of drug-likeness (QED) is 0.796. The van der Waals surface area contributed by atoms with Gasteiger partial charge in [0.1, 0.15) is 0 Å². The third-order valence-electron chi connectivity index (χ3n) is 4.03. The Balaban J connectivity index is 1.76. The van der Waals surface area contributed by atoms with Crippen LogP contribution in [-0.4, -0.2) is 34.5 Å². The van der Waals surface area contributed by atoms with E-state index in [-0.39, 0.29) is 0 Å². The third-order valence-corrected chi connectivity index (χ3v) is 4.03. The SMILES string of the molecule is COC(=O)c1cccc(CN2CCc3cnc(C(F)(F)F)nc3C2)c1. The summed E-state index contributed by atoms with van der Waals surface area (Å²) in [6.07, 6.45) is -2.70. The molecule has 1 aromatic carbocycles. The number of esters is 1. The zero-order valence-electron chi connectivity index (χ0n) is 13.5. The van der Waals surface area contributed by atoms with E-state index in [2.05, 4.69) is 9.97 Å². The topological polar surface area (TPSA) is 55.3 Å². The van der Waals surface area contributed by atoms with Crippen molar-refractivity contribution in [3.8, 4) is 0 Å². The van der Waals surface area contributed by atoms with Crippen molar-refractivity contribution in [1.29, 1.82) is 0 Å². The molecular formula is C17H16F3N3O2. The highest BCUT2D eigenvalue weighted by Crippen LogP contribution is 2.28. The maximum atomic E-state index is 12.8. The van der Waals surface area contributed by atoms with E-state index in [1.807, 2.05) is 11.0 Å². The molecule has 1 aliphatic heterocycles. The van der Waals surface area contributed by atoms with Crippen molar-refractivity contribution < 1.29 is 22.7 Å². The lowest BCUT2D eigenvalue weighted by molar-refractivity contribution is -0.145. The molecule has 0 bridgehead atoms. The van der Waals surface area contributed by atoms with E-state index in [0.717, 1.165) is 11.1 Å². The van der Waals surface area contributed by atoms with Crippen molar-refractivity contribution >= 4 is 5.97 Å². The van der Waals surface area contributed by atoms with Gasteiger partial charge in [-0.25, -0.2) is 14.8 Å². The number of alkyl halides is 3. The molecule has 2 aromatic rings. The number of halogens is 3. The van der Waals surface area contributed by atoms with Crippen LogP contribution in [0.15, 0.2) is 30.5 Å². The van der Waals surface area contributed by atoms with Crippen molar-refractivity contribution in [1.82, 2.24) is 14.9 Å². The first-order valence-electron chi connectivity index (χ1n) is 7.68. The van der Waals surface area contributed by atoms with E-state index < -0.39 is 18.0 Å². The van der Waals surface area contributed by atoms with Crippen LogP contribution in [0.2, 0.25) is 0 Å². The first-order chi connectivity index (χ1) is 11.9. The molecule has 0 unspecified atom stereocenters. The number of rotatable bonds is 3. The molecule has 25 heavy (non-hydrogen) atoms. The van der Waals surface area contributed by atoms with Gasteiger partial charge in [-0.2, -0.15) is 13.2 Å². The summed E-state index contributed by atoms with van der Waals surface area (Å²) in [7, 11) is 1.31. The van der Waals surface area contributed by atoms with Crippen LogP contribution in [0, 0.1) is 0 Å². The van der Waals surface area contributed by atoms with E-state index in [4.69, 9.17) is 4.74 Å². The Bertz CT molecular complexity index is 793. The van der Waals surface area contributed by atoms with Crippen LogP contribution in [0.4, 0.5) is 13.2 Å². The van der Waals surface area contributed by atoms with Gasteiger partial charge in [-0.1, -0.05) is 12.1 Å². The Morgan fingerprint density at radius 1 is 1.36 bits per heavy atom. The smallest absolute Gasteiger partial charge is 0.451 e. The lowest BCUT2D eigenvalue weighted by Gasteiger charge is -2.28. The number of nitrogens with zero attached hydrogens (tertiary/aromatic N) is 3. The minimum atomic E-state index is -4.55. The number of hydrogen-bond acceptors (Lipinski definition) is 5. The first kappa shape index (κ1) is 17.3. The van der Waals surface area contributed by atoms with Gasteiger partial charge in [0.25, 0.3) is 0 Å². The summed E-state index contributed by atoms with van der Waals surface area (Å²) in [6, 6.07) is 7.00. The molecule has 0 N–H and O–H groups in total. The van der Waals surface area contributed by atoms with Gasteiger partial charge < -0.3 is 4.74 Å². The van der Waals surface area contributed by atoms with Gasteiger partial charge in [0, 0.05) is 25.8 Å². The number of ether oxygens (including phenoxy) is 1. The summed E-state index contributed by atoms with van der Waals surface area (Å²) in [4.78, 5) is 20.7. The normalized spacial score (nSPS) is 14.9. The van der Waals surface area contributed by atoms with Gasteiger partial charge in [0.05, 0.1) is 18.4 Å². The molecule has 1 aliphatic rings. The monoisotopic (exact) mass is 351 g/mol. The molecule has 0 spiro atoms. The molecule has 0 atom stereocenters. The van der Waals surface area contributed by atoms with Gasteiger partial charge in [-0.15, -0.1) is 0 Å². The maximum absolute atomic E-state index is 12.8. The second-order valence-electron chi connectivity index (χ2n) is 5.82. The van der Waals surface area contributed by atoms with Crippen LogP contribution in [0.1, 0.15) is 33.0 Å². The lowest BCUT2D eigenvalue weighted by Crippen LogP contribution is -2.31. The Hall–Kier alpha value is -2.48. The predicted molar refractivity (Wildman–Crippen MR) is 82.6 cm³/mol. The Morgan fingerprint density at radius 2 is 2.16 bits per heavy atom. The van der Waals surface area contributed by atoms with Gasteiger partial charge >= 0.3 is 12.1 Å². The molecule has 0 fully saturated rings. The molecule has 8 heteroatoms. The summed E-state index contributed by atoms with van der Waals surface area (Å²) in [5, 5.41) is 0. The largest absolute Gasteiger partial charge is 0.465 e. The van der Waals surface area contributed by atoms with Gasteiger partial charge in [-0.05, 0) is 29.7 Å². The minimum absolute atomic E-state index is 0.309. The maximum Gasteiger partial charge on any atom is 0.451 e. The average Bonchev–Trinajstić information content (AvgIpc) is 2.60. The molecule has 1 aromatic heterocycles. The summed E-state index contributed by atoms with van der Waals surface area (Å²) < 4.78 is 43.0. The number of methoxy groups -OCH3 is 1. The Labute approximate surface area is 142 Å². The number of carbonyl (C=O) groups excluding carboxylic acids is 1. The van der Waals surface area contributed by atoms with E-state index in [1.54, 1.807) is 18.2 Å². The predicted octanol–water partition coefficient (Wildman–Crippen LogP) is 2.84. The fraction of sp³-hybridized carbons (Fsp3) is 0.353. The van der Waals surface area contributed by atoms with Gasteiger partial charge in [-0.3, -0.25) is 4.90 Å². The minimum Gasteiger partial charge on any atom is -0.465 e. The highest BCUT2D eigenvalue weighted by Gasteiger charge is 2.35. The highest BCUT2D eigenvalue weighted by atomic mass is 19.4. The van der Waals surface area contributed by atoms with Crippen LogP contribution in [0.3, 0.4) is 0 Å². The summed E-state index contributed by atoms with van der Waals surface area (Å²) in [5.41, 5.74) is 2.47. The van der Waals surface area contributed by atoms with Crippen LogP contribution in [0.5, 0.6) is 0 Å². The lowest BCUT2D eigenvalue weighted by atomic mass is 10.0. The number of benzene rings is 1. The first-order valence-corrected chi connectivity index (χ1v) is 7.68. The number of fused-ring (bicyclic) bond motifs is 1. The van der Waals surface area contributed by atoms with E-state index in [1.165, 1.54) is 13.3 Å². The summed E-state index contributed by atoms with van der Waals surface area (Å²) in [6.45, 7) is 1.50. The molecule has 0 amide bonds. The standard InChI is InChI=1S/C17H16F3N3O2/c1-25-15(24)12-4-2-3-11(7-12)9-23-6-5-13-8-21-16(17(18,19)20)22-14(13)10-23/h2-4,7-8H,5-6,9-10H2,1H3. The molecule has 3 rings (SSSR count). The zero-order valence-corrected chi connectivity index (χ0v) is 13.5. The van der Waals surface area contributed by atoms with E-state index >= 15 is 0 Å². The average molecular weight is 351 g/mol. The molecule has 132 valence electrons. The van der Waals surface area contributed by atoms with Crippen LogP contribution < -0.4 is 0 Å². The molecule has 2 heterocycles. The van der Waals surface area contributed by atoms with Gasteiger partial charge in [0.2, 0.25) is 5.82 Å². The highest BCUT2D eigenvalue weighted by molar-refractivity contribution is 5.89. The van der Waals surface area contributed by atoms with Gasteiger partial charge in [0.15, 0.2) is 0 Å². The molecule has 0 radical (unpaired) electrons. The number of aromatic nitrogens is 2. The van der Waals surface area contributed by atoms with Crippen molar-refractivity contribution in [2.75, 3.05) is 13.7 Å². The number of carbonyl (C=O) groups is 1. The van der Waals surface area contributed by atoms with Crippen molar-refractivity contribution in [3.05, 3.63) is 58.7 Å². The zero-order chi connectivity index (χ0) is 18.0. The van der Waals surface area contributed by atoms with Crippen molar-refractivity contribution in [3.63, 3.8) is 0 Å². The van der Waals surface area contributed by atoms with Crippen LogP contribution in [0.25, 0.3) is 0 Å². The fourth-order valence-electron chi connectivity index (χ4n) is 2.80. The molecule has 5 nitrogen and oxygen atoms in total. The van der Waals surface area contributed by atoms with Crippen LogP contribution >= 0.6 is 0 Å². The summed E-state index contributed by atoms with van der Waals surface area (Å²) >= 11 is 0. The molecule has 0 saturated carbocycles. The summed E-state index contributed by atoms with van der Waals surface area (Å²) in [5.74, 6) is -1.53. The number of hydrogen-bond donors (Lipinski definition) is 0. The van der Waals surface area contributed by atoms with Crippen molar-refractivity contribution in [2.45, 2.75) is 25.7 Å². The molecule has 0 aliphatic carbocycles. The van der Waals surface area contributed by atoms with Crippen molar-refractivity contribution in [2.24, 2.45) is 0 Å². The second kappa shape index (κ2) is 6.79. The Morgan fingerprint density at radius 3 is 2.88 bits per heavy atom. The molecule has 0 saturated heterocycles. The second-order valence-corrected chi connectivity index (χ2v) is 5.82. The van der Waals surface area contributed by atoms with E-state index in [9.17, 15) is 18.0 Å².